The molecular weight excluding hydrogens is 691 g/mol. The van der Waals surface area contributed by atoms with Crippen LogP contribution in [0.25, 0.3) is 0 Å². The molecule has 1 N–H and O–H groups in total. The first-order valence-electron chi connectivity index (χ1n) is 9.82. The van der Waals surface area contributed by atoms with Gasteiger partial charge in [0, 0.05) is 5.69 Å². The molecule has 1 rings (SSSR count). The monoisotopic (exact) mass is 696 g/mol. The van der Waals surface area contributed by atoms with Gasteiger partial charge >= 0.3 is 71.8 Å². The number of amides is 3. The number of carbonyl (C=O) groups is 3. The lowest BCUT2D eigenvalue weighted by Crippen LogP contribution is -2.66. The fourth-order valence-corrected chi connectivity index (χ4v) is 2.46. The van der Waals surface area contributed by atoms with Crippen LogP contribution in [0.1, 0.15) is 0 Å². The molecule has 0 atom stereocenters. The molecule has 0 aliphatic carbocycles. The van der Waals surface area contributed by atoms with Gasteiger partial charge in [-0.05, 0) is 24.3 Å². The minimum Gasteiger partial charge on any atom is -0.321 e. The Morgan fingerprint density at radius 1 is 0.455 bits per heavy atom. The number of alkyl halides is 21. The maximum absolute atomic E-state index is 13.9. The molecule has 26 heteroatoms. The lowest BCUT2D eigenvalue weighted by atomic mass is 10.1. The summed E-state index contributed by atoms with van der Waals surface area (Å²) in [5, 5.41) is 0.543. The third-order valence-corrected chi connectivity index (χ3v) is 4.86. The highest BCUT2D eigenvalue weighted by Gasteiger charge is 2.81. The van der Waals surface area contributed by atoms with Crippen molar-refractivity contribution < 1.29 is 107 Å². The molecule has 0 fully saturated rings. The molecule has 0 unspecified atom stereocenters. The van der Waals surface area contributed by atoms with E-state index < -0.39 is 100 Å². The second kappa shape index (κ2) is 10.8. The normalized spacial score (nSPS) is 14.8. The van der Waals surface area contributed by atoms with E-state index in [4.69, 9.17) is 0 Å². The number of hydrogen-bond donors (Lipinski definition) is 1. The van der Waals surface area contributed by atoms with E-state index in [1.165, 1.54) is 0 Å². The van der Waals surface area contributed by atoms with E-state index in [9.17, 15) is 107 Å². The van der Waals surface area contributed by atoms with Crippen molar-refractivity contribution in [3.8, 4) is 0 Å². The van der Waals surface area contributed by atoms with E-state index in [2.05, 4.69) is 0 Å². The molecule has 1 aromatic carbocycles. The smallest absolute Gasteiger partial charge is 0.321 e. The van der Waals surface area contributed by atoms with E-state index in [0.717, 1.165) is 0 Å². The summed E-state index contributed by atoms with van der Waals surface area (Å²) in [6.45, 7) is 0. The molecular formula is C18H5F21N2O3. The van der Waals surface area contributed by atoms with Gasteiger partial charge in [-0.3, -0.25) is 14.4 Å². The predicted octanol–water partition coefficient (Wildman–Crippen LogP) is 6.98. The Morgan fingerprint density at radius 2 is 0.727 bits per heavy atom. The minimum atomic E-state index is -7.68. The quantitative estimate of drug-likeness (QED) is 0.299. The number of hydrogen-bond acceptors (Lipinski definition) is 3. The summed E-state index contributed by atoms with van der Waals surface area (Å²) in [5.41, 5.74) is -3.96. The zero-order valence-electron chi connectivity index (χ0n) is 19.4. The Bertz CT molecular complexity index is 1210. The highest BCUT2D eigenvalue weighted by Crippen LogP contribution is 2.51. The molecule has 1 aromatic rings. The highest BCUT2D eigenvalue weighted by molar-refractivity contribution is 6.20. The number of halogens is 21. The fraction of sp³-hybridized carbons (Fsp3) is 0.500. The highest BCUT2D eigenvalue weighted by atomic mass is 19.4. The molecule has 0 radical (unpaired) electrons. The van der Waals surface area contributed by atoms with Crippen LogP contribution in [0.2, 0.25) is 0 Å². The van der Waals surface area contributed by atoms with E-state index in [1.807, 2.05) is 0 Å². The van der Waals surface area contributed by atoms with Gasteiger partial charge in [-0.2, -0.15) is 92.2 Å². The first-order valence-corrected chi connectivity index (χ1v) is 9.82. The first-order chi connectivity index (χ1) is 19.0. The second-order valence-electron chi connectivity index (χ2n) is 7.89. The first kappa shape index (κ1) is 38.4. The molecule has 0 aliphatic heterocycles. The van der Waals surface area contributed by atoms with E-state index in [1.54, 1.807) is 0 Å². The third kappa shape index (κ3) is 6.01. The van der Waals surface area contributed by atoms with Crippen molar-refractivity contribution in [2.45, 2.75) is 54.1 Å². The van der Waals surface area contributed by atoms with Crippen molar-refractivity contribution in [2.75, 3.05) is 10.2 Å². The van der Waals surface area contributed by atoms with Crippen LogP contribution in [0.15, 0.2) is 24.3 Å². The zero-order chi connectivity index (χ0) is 35.5. The molecule has 0 saturated carbocycles. The number of anilines is 2. The summed E-state index contributed by atoms with van der Waals surface area (Å²) in [4.78, 5) is 32.6. The summed E-state index contributed by atoms with van der Waals surface area (Å²) >= 11 is 0. The average molecular weight is 696 g/mol. The molecule has 0 spiro atoms. The summed E-state index contributed by atoms with van der Waals surface area (Å²) in [6.07, 6.45) is -22.1. The van der Waals surface area contributed by atoms with Crippen molar-refractivity contribution in [1.29, 1.82) is 0 Å². The number of carbonyl (C=O) groups excluding carboxylic acids is 3. The molecule has 5 nitrogen and oxygen atoms in total. The van der Waals surface area contributed by atoms with Gasteiger partial charge in [-0.25, -0.2) is 4.90 Å². The van der Waals surface area contributed by atoms with E-state index in [-0.39, 0.29) is 12.1 Å². The Hall–Kier alpha value is -3.64. The summed E-state index contributed by atoms with van der Waals surface area (Å²) in [5.74, 6) is -56.8. The van der Waals surface area contributed by atoms with Gasteiger partial charge in [0.05, 0.1) is 5.69 Å². The lowest BCUT2D eigenvalue weighted by Gasteiger charge is -2.34. The number of nitrogens with zero attached hydrogens (tertiary/aromatic N) is 1. The lowest BCUT2D eigenvalue weighted by molar-refractivity contribution is -0.345. The zero-order valence-corrected chi connectivity index (χ0v) is 19.4. The largest absolute Gasteiger partial charge is 0.460 e. The van der Waals surface area contributed by atoms with E-state index in [0.29, 0.717) is 5.32 Å². The predicted molar refractivity (Wildman–Crippen MR) is 95.4 cm³/mol. The van der Waals surface area contributed by atoms with Gasteiger partial charge in [0.2, 0.25) is 0 Å². The summed E-state index contributed by atoms with van der Waals surface area (Å²) in [6, 6.07) is -1.92. The Kier molecular flexibility index (Phi) is 9.39. The van der Waals surface area contributed by atoms with Crippen molar-refractivity contribution in [3.05, 3.63) is 24.3 Å². The van der Waals surface area contributed by atoms with E-state index >= 15 is 0 Å². The maximum Gasteiger partial charge on any atom is 0.460 e. The average Bonchev–Trinajstić information content (AvgIpc) is 2.82. The van der Waals surface area contributed by atoms with Crippen LogP contribution in [0.4, 0.5) is 104 Å². The molecule has 0 heterocycles. The third-order valence-electron chi connectivity index (χ3n) is 4.86. The van der Waals surface area contributed by atoms with Gasteiger partial charge in [-0.15, -0.1) is 0 Å². The van der Waals surface area contributed by atoms with Crippen molar-refractivity contribution >= 4 is 29.1 Å². The summed E-state index contributed by atoms with van der Waals surface area (Å²) in [7, 11) is 0. The van der Waals surface area contributed by atoms with Gasteiger partial charge in [0.15, 0.2) is 0 Å². The number of imide groups is 1. The van der Waals surface area contributed by atoms with Crippen LogP contribution in [0.5, 0.6) is 0 Å². The standard InChI is InChI=1S/C18H5F21N2O3/c19-10(20,13(25,26)16(31,32)33)7(42)40-5-1-3-6(4-2-5)41(8(43)11(21,22)14(27,28)17(34,35)36)9(44)12(23,24)15(29,30)18(37,38)39/h1-4H,(H,40,42). The van der Waals surface area contributed by atoms with Crippen LogP contribution < -0.4 is 10.2 Å². The number of benzene rings is 1. The van der Waals surface area contributed by atoms with Gasteiger partial charge < -0.3 is 5.32 Å². The maximum atomic E-state index is 13.9. The Morgan fingerprint density at radius 3 is 1.00 bits per heavy atom. The van der Waals surface area contributed by atoms with Crippen LogP contribution in [0.3, 0.4) is 0 Å². The second-order valence-corrected chi connectivity index (χ2v) is 7.89. The number of nitrogens with one attached hydrogen (secondary N) is 1. The molecule has 0 bridgehead atoms. The summed E-state index contributed by atoms with van der Waals surface area (Å²) < 4.78 is 273. The molecule has 252 valence electrons. The van der Waals surface area contributed by atoms with Crippen molar-refractivity contribution in [3.63, 3.8) is 0 Å². The van der Waals surface area contributed by atoms with Crippen molar-refractivity contribution in [2.24, 2.45) is 0 Å². The molecule has 3 amide bonds. The molecule has 0 aliphatic rings. The molecule has 0 aromatic heterocycles. The van der Waals surface area contributed by atoms with Crippen molar-refractivity contribution in [1.82, 2.24) is 0 Å². The Balaban J connectivity index is 3.78. The van der Waals surface area contributed by atoms with Crippen LogP contribution in [-0.2, 0) is 14.4 Å². The van der Waals surface area contributed by atoms with Crippen LogP contribution >= 0.6 is 0 Å². The van der Waals surface area contributed by atoms with Crippen LogP contribution in [-0.4, -0.2) is 71.8 Å². The topological polar surface area (TPSA) is 66.5 Å². The van der Waals surface area contributed by atoms with Gasteiger partial charge in [-0.1, -0.05) is 0 Å². The molecule has 0 saturated heterocycles. The fourth-order valence-electron chi connectivity index (χ4n) is 2.46. The SMILES string of the molecule is O=C(Nc1ccc(N(C(=O)C(F)(F)C(F)(F)C(F)(F)F)C(=O)C(F)(F)C(F)(F)C(F)(F)F)cc1)C(F)(F)C(F)(F)C(F)(F)F. The minimum absolute atomic E-state index is 0.372. The molecule has 44 heavy (non-hydrogen) atoms. The van der Waals surface area contributed by atoms with Crippen LogP contribution in [0, 0.1) is 0 Å². The Labute approximate surface area is 225 Å². The van der Waals surface area contributed by atoms with Gasteiger partial charge in [0.25, 0.3) is 0 Å². The number of rotatable bonds is 8. The van der Waals surface area contributed by atoms with Gasteiger partial charge in [0.1, 0.15) is 0 Å².